The fraction of sp³-hybridized carbons (Fsp3) is 0.360. The van der Waals surface area contributed by atoms with Gasteiger partial charge in [-0.2, -0.15) is 0 Å². The molecule has 1 atom stereocenters. The number of likely N-dealkylation sites (tertiary alicyclic amines) is 1. The Balaban J connectivity index is 1.46. The molecule has 1 amide bonds. The summed E-state index contributed by atoms with van der Waals surface area (Å²) in [6.45, 7) is 8.90. The largest absolute Gasteiger partial charge is 0.355 e. The zero-order valence-electron chi connectivity index (χ0n) is 17.9. The summed E-state index contributed by atoms with van der Waals surface area (Å²) < 4.78 is 5.45. The molecule has 1 fully saturated rings. The third kappa shape index (κ3) is 4.46. The van der Waals surface area contributed by atoms with Gasteiger partial charge in [-0.1, -0.05) is 47.1 Å². The van der Waals surface area contributed by atoms with Crippen LogP contribution in [0.1, 0.15) is 51.6 Å². The Bertz CT molecular complexity index is 1020. The van der Waals surface area contributed by atoms with Crippen LogP contribution in [0.4, 0.5) is 0 Å². The number of aryl methyl sites for hydroxylation is 3. The molecule has 2 aromatic carbocycles. The van der Waals surface area contributed by atoms with E-state index in [0.717, 1.165) is 18.7 Å². The highest BCUT2D eigenvalue weighted by molar-refractivity contribution is 5.93. The average Bonchev–Trinajstić information content (AvgIpc) is 3.44. The molecule has 0 saturated carbocycles. The quantitative estimate of drug-likeness (QED) is 0.640. The number of benzene rings is 2. The van der Waals surface area contributed by atoms with Crippen LogP contribution in [-0.4, -0.2) is 35.6 Å². The van der Waals surface area contributed by atoms with E-state index in [1.54, 1.807) is 6.07 Å². The number of rotatable bonds is 6. The molecule has 0 bridgehead atoms. The molecule has 3 aromatic rings. The van der Waals surface area contributed by atoms with Crippen molar-refractivity contribution >= 4 is 5.91 Å². The summed E-state index contributed by atoms with van der Waals surface area (Å²) in [7, 11) is 0. The maximum absolute atomic E-state index is 12.8. The molecule has 1 aromatic heterocycles. The number of carbonyl (C=O) groups is 1. The van der Waals surface area contributed by atoms with E-state index in [9.17, 15) is 4.79 Å². The highest BCUT2D eigenvalue weighted by Crippen LogP contribution is 2.26. The van der Waals surface area contributed by atoms with Gasteiger partial charge in [0, 0.05) is 18.2 Å². The summed E-state index contributed by atoms with van der Waals surface area (Å²) in [5, 5.41) is 7.07. The fourth-order valence-electron chi connectivity index (χ4n) is 3.99. The van der Waals surface area contributed by atoms with Gasteiger partial charge in [0.15, 0.2) is 11.5 Å². The van der Waals surface area contributed by atoms with Crippen molar-refractivity contribution in [1.29, 1.82) is 0 Å². The zero-order valence-corrected chi connectivity index (χ0v) is 17.9. The van der Waals surface area contributed by atoms with Crippen LogP contribution >= 0.6 is 0 Å². The van der Waals surface area contributed by atoms with Gasteiger partial charge in [-0.15, -0.1) is 0 Å². The molecule has 1 saturated heterocycles. The van der Waals surface area contributed by atoms with Crippen LogP contribution in [0.3, 0.4) is 0 Å². The molecular formula is C25H29N3O2. The lowest BCUT2D eigenvalue weighted by Gasteiger charge is -2.28. The van der Waals surface area contributed by atoms with Gasteiger partial charge >= 0.3 is 0 Å². The smallest absolute Gasteiger partial charge is 0.273 e. The molecule has 1 unspecified atom stereocenters. The summed E-state index contributed by atoms with van der Waals surface area (Å²) in [6.07, 6.45) is 2.41. The topological polar surface area (TPSA) is 58.4 Å². The van der Waals surface area contributed by atoms with Gasteiger partial charge in [0.2, 0.25) is 0 Å². The molecule has 0 radical (unpaired) electrons. The zero-order chi connectivity index (χ0) is 21.1. The van der Waals surface area contributed by atoms with Gasteiger partial charge in [0.05, 0.1) is 6.04 Å². The fourth-order valence-corrected chi connectivity index (χ4v) is 3.99. The van der Waals surface area contributed by atoms with Crippen LogP contribution in [-0.2, 0) is 0 Å². The summed E-state index contributed by atoms with van der Waals surface area (Å²) >= 11 is 0. The summed E-state index contributed by atoms with van der Waals surface area (Å²) in [5.74, 6) is 0.406. The van der Waals surface area contributed by atoms with Gasteiger partial charge < -0.3 is 9.84 Å². The van der Waals surface area contributed by atoms with E-state index in [-0.39, 0.29) is 11.9 Å². The lowest BCUT2D eigenvalue weighted by Crippen LogP contribution is -2.36. The van der Waals surface area contributed by atoms with Crippen molar-refractivity contribution in [1.82, 2.24) is 15.4 Å². The SMILES string of the molecule is Cc1ccc(C(CNC(=O)c2cc(-c3ccc(C)c(C)c3)on2)N2CCCC2)cc1. The molecular weight excluding hydrogens is 374 g/mol. The highest BCUT2D eigenvalue weighted by Gasteiger charge is 2.24. The van der Waals surface area contributed by atoms with Crippen molar-refractivity contribution in [2.45, 2.75) is 39.7 Å². The predicted molar refractivity (Wildman–Crippen MR) is 118 cm³/mol. The molecule has 2 heterocycles. The molecule has 4 rings (SSSR count). The van der Waals surface area contributed by atoms with E-state index >= 15 is 0 Å². The number of nitrogens with zero attached hydrogens (tertiary/aromatic N) is 2. The lowest BCUT2D eigenvalue weighted by atomic mass is 10.0. The van der Waals surface area contributed by atoms with Crippen molar-refractivity contribution in [3.05, 3.63) is 76.5 Å². The van der Waals surface area contributed by atoms with Crippen LogP contribution in [0, 0.1) is 20.8 Å². The molecule has 5 nitrogen and oxygen atoms in total. The molecule has 156 valence electrons. The molecule has 1 aliphatic heterocycles. The van der Waals surface area contributed by atoms with Crippen LogP contribution in [0.5, 0.6) is 0 Å². The summed E-state index contributed by atoms with van der Waals surface area (Å²) in [5.41, 5.74) is 6.12. The lowest BCUT2D eigenvalue weighted by molar-refractivity contribution is 0.0929. The van der Waals surface area contributed by atoms with Crippen LogP contribution in [0.15, 0.2) is 53.1 Å². The monoisotopic (exact) mass is 403 g/mol. The molecule has 0 spiro atoms. The second-order valence-electron chi connectivity index (χ2n) is 8.26. The van der Waals surface area contributed by atoms with Gasteiger partial charge in [-0.05, 0) is 69.5 Å². The number of hydrogen-bond acceptors (Lipinski definition) is 4. The second kappa shape index (κ2) is 8.84. The molecule has 5 heteroatoms. The van der Waals surface area contributed by atoms with Crippen molar-refractivity contribution in [3.8, 4) is 11.3 Å². The van der Waals surface area contributed by atoms with Crippen LogP contribution in [0.25, 0.3) is 11.3 Å². The van der Waals surface area contributed by atoms with Gasteiger partial charge in [0.25, 0.3) is 5.91 Å². The first kappa shape index (κ1) is 20.4. The van der Waals surface area contributed by atoms with Crippen molar-refractivity contribution in [2.24, 2.45) is 0 Å². The predicted octanol–water partition coefficient (Wildman–Crippen LogP) is 4.83. The molecule has 30 heavy (non-hydrogen) atoms. The van der Waals surface area contributed by atoms with E-state index in [0.29, 0.717) is 18.0 Å². The average molecular weight is 404 g/mol. The maximum atomic E-state index is 12.8. The second-order valence-corrected chi connectivity index (χ2v) is 8.26. The van der Waals surface area contributed by atoms with Gasteiger partial charge in [-0.25, -0.2) is 0 Å². The number of nitrogens with one attached hydrogen (secondary N) is 1. The Morgan fingerprint density at radius 3 is 2.47 bits per heavy atom. The van der Waals surface area contributed by atoms with E-state index in [1.165, 1.54) is 35.1 Å². The summed E-state index contributed by atoms with van der Waals surface area (Å²) in [6, 6.07) is 16.6. The summed E-state index contributed by atoms with van der Waals surface area (Å²) in [4.78, 5) is 15.2. The Kier molecular flexibility index (Phi) is 6.00. The van der Waals surface area contributed by atoms with Crippen molar-refractivity contribution in [3.63, 3.8) is 0 Å². The molecule has 0 aliphatic carbocycles. The minimum Gasteiger partial charge on any atom is -0.355 e. The first-order valence-electron chi connectivity index (χ1n) is 10.6. The molecule has 1 N–H and O–H groups in total. The maximum Gasteiger partial charge on any atom is 0.273 e. The first-order chi connectivity index (χ1) is 14.5. The van der Waals surface area contributed by atoms with Crippen LogP contribution in [0.2, 0.25) is 0 Å². The van der Waals surface area contributed by atoms with Crippen LogP contribution < -0.4 is 5.32 Å². The normalized spacial score (nSPS) is 15.3. The Morgan fingerprint density at radius 2 is 1.77 bits per heavy atom. The van der Waals surface area contributed by atoms with E-state index < -0.39 is 0 Å². The highest BCUT2D eigenvalue weighted by atomic mass is 16.5. The first-order valence-corrected chi connectivity index (χ1v) is 10.6. The van der Waals surface area contributed by atoms with E-state index in [4.69, 9.17) is 4.52 Å². The Morgan fingerprint density at radius 1 is 1.03 bits per heavy atom. The minimum atomic E-state index is -0.204. The van der Waals surface area contributed by atoms with E-state index in [2.05, 4.69) is 72.5 Å². The third-order valence-electron chi connectivity index (χ3n) is 6.03. The van der Waals surface area contributed by atoms with Gasteiger partial charge in [-0.3, -0.25) is 9.69 Å². The number of hydrogen-bond donors (Lipinski definition) is 1. The van der Waals surface area contributed by atoms with Crippen molar-refractivity contribution in [2.75, 3.05) is 19.6 Å². The molecule has 1 aliphatic rings. The number of amides is 1. The third-order valence-corrected chi connectivity index (χ3v) is 6.03. The van der Waals surface area contributed by atoms with E-state index in [1.807, 2.05) is 6.07 Å². The Hall–Kier alpha value is -2.92. The standard InChI is InChI=1S/C25H29N3O2/c1-17-6-9-20(10-7-17)23(28-12-4-5-13-28)16-26-25(29)22-15-24(30-27-22)21-11-8-18(2)19(3)14-21/h6-11,14-15,23H,4-5,12-13,16H2,1-3H3,(H,26,29). The number of aromatic nitrogens is 1. The van der Waals surface area contributed by atoms with Crippen molar-refractivity contribution < 1.29 is 9.32 Å². The number of carbonyl (C=O) groups excluding carboxylic acids is 1. The van der Waals surface area contributed by atoms with Gasteiger partial charge in [0.1, 0.15) is 0 Å². The minimum absolute atomic E-state index is 0.170. The Labute approximate surface area is 178 Å².